The molecule has 2 aromatic carbocycles. The Morgan fingerprint density at radius 3 is 2.65 bits per heavy atom. The second-order valence-corrected chi connectivity index (χ2v) is 6.59. The van der Waals surface area contributed by atoms with E-state index in [9.17, 15) is 10.0 Å². The van der Waals surface area contributed by atoms with Gasteiger partial charge in [-0.05, 0) is 47.7 Å². The lowest BCUT2D eigenvalue weighted by Gasteiger charge is -2.12. The third-order valence-corrected chi connectivity index (χ3v) is 4.47. The molecule has 1 aromatic heterocycles. The quantitative estimate of drug-likeness (QED) is 0.328. The third kappa shape index (κ3) is 4.40. The van der Waals surface area contributed by atoms with Crippen LogP contribution in [0.5, 0.6) is 11.5 Å². The molecule has 0 radical (unpaired) electrons. The van der Waals surface area contributed by atoms with E-state index < -0.39 is 5.97 Å². The molecule has 1 aliphatic rings. The molecule has 3 aromatic rings. The second kappa shape index (κ2) is 8.70. The van der Waals surface area contributed by atoms with Gasteiger partial charge < -0.3 is 19.4 Å². The Bertz CT molecular complexity index is 1150. The fourth-order valence-corrected chi connectivity index (χ4v) is 2.91. The summed E-state index contributed by atoms with van der Waals surface area (Å²) in [6, 6.07) is 14.4. The van der Waals surface area contributed by atoms with E-state index in [1.54, 1.807) is 31.2 Å². The third-order valence-electron chi connectivity index (χ3n) is 4.47. The van der Waals surface area contributed by atoms with Gasteiger partial charge in [-0.1, -0.05) is 24.3 Å². The van der Waals surface area contributed by atoms with E-state index in [1.165, 1.54) is 0 Å². The number of aliphatic imine (C=N–C) groups is 1. The summed E-state index contributed by atoms with van der Waals surface area (Å²) in [5.74, 6) is 0.631. The zero-order chi connectivity index (χ0) is 21.8. The van der Waals surface area contributed by atoms with Crippen LogP contribution in [0.4, 0.5) is 0 Å². The first kappa shape index (κ1) is 20.1. The Morgan fingerprint density at radius 1 is 1.13 bits per heavy atom. The number of aromatic nitrogens is 2. The summed E-state index contributed by atoms with van der Waals surface area (Å²) >= 11 is 0. The topological polar surface area (TPSA) is 110 Å². The molecule has 0 N–H and O–H groups in total. The predicted octanol–water partition coefficient (Wildman–Crippen LogP) is 2.94. The number of cyclic esters (lactones) is 1. The molecule has 9 nitrogen and oxygen atoms in total. The molecule has 0 bridgehead atoms. The summed E-state index contributed by atoms with van der Waals surface area (Å²) < 4.78 is 21.2. The maximum Gasteiger partial charge on any atom is 0.363 e. The van der Waals surface area contributed by atoms with E-state index >= 15 is 0 Å². The number of nitrogens with zero attached hydrogens (tertiary/aromatic N) is 3. The highest BCUT2D eigenvalue weighted by Crippen LogP contribution is 2.31. The molecule has 0 atom stereocenters. The summed E-state index contributed by atoms with van der Waals surface area (Å²) in [4.78, 5) is 16.8. The van der Waals surface area contributed by atoms with Crippen molar-refractivity contribution in [3.63, 3.8) is 0 Å². The molecule has 0 fully saturated rings. The maximum atomic E-state index is 12.2. The largest absolute Gasteiger partial charge is 0.490 e. The molecular formula is C22H19N3O6. The van der Waals surface area contributed by atoms with Crippen molar-refractivity contribution < 1.29 is 28.5 Å². The molecule has 31 heavy (non-hydrogen) atoms. The summed E-state index contributed by atoms with van der Waals surface area (Å²) in [6.45, 7) is 3.87. The molecule has 0 spiro atoms. The maximum absolute atomic E-state index is 12.2. The molecule has 0 amide bonds. The smallest absolute Gasteiger partial charge is 0.363 e. The number of rotatable bonds is 7. The van der Waals surface area contributed by atoms with Crippen molar-refractivity contribution in [3.8, 4) is 11.5 Å². The summed E-state index contributed by atoms with van der Waals surface area (Å²) in [6.07, 6.45) is 1.61. The predicted molar refractivity (Wildman–Crippen MR) is 109 cm³/mol. The first-order chi connectivity index (χ1) is 15.0. The average molecular weight is 421 g/mol. The number of esters is 1. The van der Waals surface area contributed by atoms with Crippen LogP contribution in [0, 0.1) is 12.1 Å². The van der Waals surface area contributed by atoms with Crippen molar-refractivity contribution in [2.75, 3.05) is 6.61 Å². The number of hydrogen-bond acceptors (Lipinski definition) is 8. The molecule has 9 heteroatoms. The van der Waals surface area contributed by atoms with Crippen LogP contribution in [-0.4, -0.2) is 23.6 Å². The molecule has 158 valence electrons. The van der Waals surface area contributed by atoms with Crippen LogP contribution in [0.2, 0.25) is 0 Å². The van der Waals surface area contributed by atoms with E-state index in [2.05, 4.69) is 14.8 Å². The van der Waals surface area contributed by atoms with Crippen molar-refractivity contribution in [3.05, 3.63) is 81.9 Å². The number of benzene rings is 2. The Hall–Kier alpha value is -4.14. The minimum Gasteiger partial charge on any atom is -0.490 e. The minimum atomic E-state index is -0.528. The Morgan fingerprint density at radius 2 is 1.94 bits per heavy atom. The minimum absolute atomic E-state index is 0.0314. The van der Waals surface area contributed by atoms with Gasteiger partial charge in [0.05, 0.1) is 6.61 Å². The highest BCUT2D eigenvalue weighted by atomic mass is 16.8. The van der Waals surface area contributed by atoms with Gasteiger partial charge in [0.2, 0.25) is 17.3 Å². The lowest BCUT2D eigenvalue weighted by atomic mass is 10.1. The van der Waals surface area contributed by atoms with Crippen molar-refractivity contribution in [1.82, 2.24) is 5.16 Å². The van der Waals surface area contributed by atoms with Crippen molar-refractivity contribution in [2.24, 2.45) is 4.99 Å². The number of carbonyl (C=O) groups is 1. The average Bonchev–Trinajstić information content (AvgIpc) is 3.30. The zero-order valence-electron chi connectivity index (χ0n) is 16.9. The van der Waals surface area contributed by atoms with Crippen LogP contribution >= 0.6 is 0 Å². The monoisotopic (exact) mass is 421 g/mol. The van der Waals surface area contributed by atoms with Gasteiger partial charge in [-0.2, -0.15) is 0 Å². The highest BCUT2D eigenvalue weighted by molar-refractivity contribution is 6.12. The molecule has 2 heterocycles. The van der Waals surface area contributed by atoms with E-state index in [4.69, 9.17) is 14.2 Å². The van der Waals surface area contributed by atoms with E-state index in [-0.39, 0.29) is 23.9 Å². The molecule has 1 aliphatic heterocycles. The van der Waals surface area contributed by atoms with Crippen molar-refractivity contribution >= 4 is 17.9 Å². The van der Waals surface area contributed by atoms with Gasteiger partial charge in [0, 0.05) is 17.6 Å². The van der Waals surface area contributed by atoms with Crippen LogP contribution in [0.3, 0.4) is 0 Å². The van der Waals surface area contributed by atoms with E-state index in [0.717, 1.165) is 5.56 Å². The molecule has 0 unspecified atom stereocenters. The van der Waals surface area contributed by atoms with Gasteiger partial charge in [-0.15, -0.1) is 0 Å². The molecule has 0 aliphatic carbocycles. The number of carbonyl (C=O) groups excluding carboxylic acids is 1. The fourth-order valence-electron chi connectivity index (χ4n) is 2.91. The van der Waals surface area contributed by atoms with Gasteiger partial charge in [0.15, 0.2) is 23.8 Å². The molecular weight excluding hydrogens is 402 g/mol. The molecule has 0 saturated heterocycles. The van der Waals surface area contributed by atoms with Crippen LogP contribution in [0.25, 0.3) is 6.08 Å². The van der Waals surface area contributed by atoms with Crippen molar-refractivity contribution in [2.45, 2.75) is 20.5 Å². The Balaban J connectivity index is 1.57. The SMILES string of the molecule is CCOc1cc(/C=C2/N=C(c3ccccc3)OC2=O)ccc1OCc1c(C)no[n+]1[O-]. The van der Waals surface area contributed by atoms with Crippen LogP contribution < -0.4 is 14.4 Å². The van der Waals surface area contributed by atoms with Gasteiger partial charge in [0.25, 0.3) is 0 Å². The van der Waals surface area contributed by atoms with Gasteiger partial charge >= 0.3 is 5.97 Å². The lowest BCUT2D eigenvalue weighted by Crippen LogP contribution is -2.29. The van der Waals surface area contributed by atoms with Crippen molar-refractivity contribution in [1.29, 1.82) is 0 Å². The first-order valence-electron chi connectivity index (χ1n) is 9.58. The fraction of sp³-hybridized carbons (Fsp3) is 0.182. The Kier molecular flexibility index (Phi) is 5.65. The lowest BCUT2D eigenvalue weighted by molar-refractivity contribution is -0.808. The highest BCUT2D eigenvalue weighted by Gasteiger charge is 2.24. The van der Waals surface area contributed by atoms with Gasteiger partial charge in [0.1, 0.15) is 0 Å². The van der Waals surface area contributed by atoms with E-state index in [1.807, 2.05) is 37.3 Å². The normalized spacial score (nSPS) is 14.5. The van der Waals surface area contributed by atoms with Crippen LogP contribution in [0.15, 0.2) is 63.8 Å². The van der Waals surface area contributed by atoms with Crippen LogP contribution in [-0.2, 0) is 16.1 Å². The summed E-state index contributed by atoms with van der Waals surface area (Å²) in [5, 5.41) is 15.2. The van der Waals surface area contributed by atoms with Gasteiger partial charge in [-0.25, -0.2) is 9.79 Å². The number of aryl methyl sites for hydroxylation is 1. The second-order valence-electron chi connectivity index (χ2n) is 6.59. The molecule has 4 rings (SSSR count). The van der Waals surface area contributed by atoms with E-state index in [0.29, 0.717) is 34.3 Å². The Labute approximate surface area is 177 Å². The first-order valence-corrected chi connectivity index (χ1v) is 9.58. The summed E-state index contributed by atoms with van der Waals surface area (Å²) in [7, 11) is 0. The molecule has 0 saturated carbocycles. The number of ether oxygens (including phenoxy) is 3. The zero-order valence-corrected chi connectivity index (χ0v) is 16.9. The number of hydrogen-bond donors (Lipinski definition) is 0. The van der Waals surface area contributed by atoms with Crippen LogP contribution in [0.1, 0.15) is 29.4 Å². The van der Waals surface area contributed by atoms with Gasteiger partial charge in [-0.3, -0.25) is 4.63 Å². The summed E-state index contributed by atoms with van der Waals surface area (Å²) in [5.41, 5.74) is 2.30. The standard InChI is InChI=1S/C22H19N3O6/c1-3-28-20-12-15(9-10-19(20)29-13-18-14(2)24-31-25(18)27)11-17-22(26)30-21(23-17)16-7-5-4-6-8-16/h4-12H,3,13H2,1-2H3/b17-11+.